The van der Waals surface area contributed by atoms with Gasteiger partial charge in [-0.15, -0.1) is 0 Å². The van der Waals surface area contributed by atoms with E-state index in [4.69, 9.17) is 4.74 Å². The van der Waals surface area contributed by atoms with Gasteiger partial charge in [-0.05, 0) is 67.0 Å². The van der Waals surface area contributed by atoms with Crippen molar-refractivity contribution in [1.82, 2.24) is 0 Å². The molecule has 0 amide bonds. The van der Waals surface area contributed by atoms with E-state index in [1.54, 1.807) is 6.08 Å². The van der Waals surface area contributed by atoms with Crippen LogP contribution in [-0.4, -0.2) is 10.2 Å². The minimum Gasteiger partial charge on any atom is -0.505 e. The summed E-state index contributed by atoms with van der Waals surface area (Å²) in [5.74, 6) is -9.16. The van der Waals surface area contributed by atoms with Gasteiger partial charge in [0.15, 0.2) is 34.8 Å². The molecule has 0 bridgehead atoms. The summed E-state index contributed by atoms with van der Waals surface area (Å²) in [4.78, 5) is 0. The lowest BCUT2D eigenvalue weighted by Gasteiger charge is -2.24. The fraction of sp³-hybridized carbons (Fsp3) is 0.310. The number of hydrogen-bond acceptors (Lipinski definition) is 3. The van der Waals surface area contributed by atoms with Gasteiger partial charge in [-0.3, -0.25) is 0 Å². The highest BCUT2D eigenvalue weighted by Gasteiger charge is 2.26. The number of aliphatic hydroxyl groups excluding tert-OH is 1. The maximum absolute atomic E-state index is 14.9. The van der Waals surface area contributed by atoms with Gasteiger partial charge in [0.2, 0.25) is 11.6 Å². The summed E-state index contributed by atoms with van der Waals surface area (Å²) >= 11 is 0. The summed E-state index contributed by atoms with van der Waals surface area (Å²) in [5, 5.41) is 19.2. The molecule has 202 valence electrons. The highest BCUT2D eigenvalue weighted by Crippen LogP contribution is 2.40. The van der Waals surface area contributed by atoms with E-state index >= 15 is 0 Å². The predicted molar refractivity (Wildman–Crippen MR) is 130 cm³/mol. The van der Waals surface area contributed by atoms with Gasteiger partial charge < -0.3 is 14.9 Å². The standard InChI is InChI=1S/C29H26F6O3/c1-2-3-21(36)20-10-9-18(25(31)27(20)33)15-4-6-16(7-5-15)19-11-13-23(29(35)26(19)32)38-14-17-8-12-22(37)28(34)24(17)30/h6,8-13,15,21,36-37H,2-5,7,14H2,1H3. The van der Waals surface area contributed by atoms with Crippen LogP contribution in [0.4, 0.5) is 26.3 Å². The zero-order chi connectivity index (χ0) is 27.6. The van der Waals surface area contributed by atoms with Crippen LogP contribution in [0.1, 0.15) is 73.3 Å². The number of phenols is 1. The van der Waals surface area contributed by atoms with Gasteiger partial charge in [-0.2, -0.15) is 8.78 Å². The molecule has 0 saturated carbocycles. The molecule has 1 aliphatic rings. The fourth-order valence-corrected chi connectivity index (χ4v) is 4.68. The Morgan fingerprint density at radius 3 is 2.32 bits per heavy atom. The summed E-state index contributed by atoms with van der Waals surface area (Å²) < 4.78 is 91.5. The summed E-state index contributed by atoms with van der Waals surface area (Å²) in [7, 11) is 0. The van der Waals surface area contributed by atoms with Crippen molar-refractivity contribution in [3.05, 3.63) is 99.6 Å². The number of aromatic hydroxyl groups is 1. The number of ether oxygens (including phenoxy) is 1. The lowest BCUT2D eigenvalue weighted by molar-refractivity contribution is 0.160. The molecular weight excluding hydrogens is 510 g/mol. The molecule has 0 heterocycles. The molecule has 2 N–H and O–H groups in total. The Kier molecular flexibility index (Phi) is 8.35. The number of benzene rings is 3. The molecule has 0 fully saturated rings. The average molecular weight is 537 g/mol. The average Bonchev–Trinajstić information content (AvgIpc) is 2.91. The highest BCUT2D eigenvalue weighted by atomic mass is 19.2. The molecule has 2 unspecified atom stereocenters. The first-order valence-corrected chi connectivity index (χ1v) is 12.3. The van der Waals surface area contributed by atoms with Crippen molar-refractivity contribution in [3.8, 4) is 11.5 Å². The number of halogens is 6. The van der Waals surface area contributed by atoms with Crippen molar-refractivity contribution in [2.45, 2.75) is 57.7 Å². The molecule has 2 atom stereocenters. The van der Waals surface area contributed by atoms with Crippen LogP contribution in [0.15, 0.2) is 42.5 Å². The SMILES string of the molecule is CCCC(O)c1ccc(C2CC=C(c3ccc(OCc4ccc(O)c(F)c4F)c(F)c3F)CC2)c(F)c1F. The zero-order valence-electron chi connectivity index (χ0n) is 20.5. The van der Waals surface area contributed by atoms with Crippen molar-refractivity contribution in [1.29, 1.82) is 0 Å². The largest absolute Gasteiger partial charge is 0.505 e. The monoisotopic (exact) mass is 536 g/mol. The summed E-state index contributed by atoms with van der Waals surface area (Å²) in [5.41, 5.74) is 0.269. The zero-order valence-corrected chi connectivity index (χ0v) is 20.5. The van der Waals surface area contributed by atoms with Crippen LogP contribution in [0.2, 0.25) is 0 Å². The minimum absolute atomic E-state index is 0.0140. The maximum atomic E-state index is 14.9. The van der Waals surface area contributed by atoms with Gasteiger partial charge in [0.1, 0.15) is 6.61 Å². The van der Waals surface area contributed by atoms with Crippen LogP contribution in [0.5, 0.6) is 11.5 Å². The number of hydrogen-bond donors (Lipinski definition) is 2. The Morgan fingerprint density at radius 1 is 0.868 bits per heavy atom. The first kappa shape index (κ1) is 27.6. The molecule has 0 aromatic heterocycles. The second-order valence-electron chi connectivity index (χ2n) is 9.28. The van der Waals surface area contributed by atoms with Gasteiger partial charge in [-0.1, -0.05) is 31.6 Å². The molecule has 0 aliphatic heterocycles. The van der Waals surface area contributed by atoms with Crippen molar-refractivity contribution >= 4 is 5.57 Å². The van der Waals surface area contributed by atoms with E-state index in [-0.39, 0.29) is 41.0 Å². The first-order chi connectivity index (χ1) is 18.1. The van der Waals surface area contributed by atoms with Crippen molar-refractivity contribution in [3.63, 3.8) is 0 Å². The second kappa shape index (κ2) is 11.5. The van der Waals surface area contributed by atoms with Gasteiger partial charge in [-0.25, -0.2) is 17.6 Å². The quantitative estimate of drug-likeness (QED) is 0.287. The smallest absolute Gasteiger partial charge is 0.201 e. The van der Waals surface area contributed by atoms with Crippen LogP contribution in [0.25, 0.3) is 5.57 Å². The van der Waals surface area contributed by atoms with Gasteiger partial charge in [0.25, 0.3) is 0 Å². The van der Waals surface area contributed by atoms with E-state index in [0.717, 1.165) is 12.1 Å². The van der Waals surface area contributed by atoms with Crippen molar-refractivity contribution in [2.24, 2.45) is 0 Å². The Balaban J connectivity index is 1.48. The normalized spacial score (nSPS) is 16.3. The number of allylic oxidation sites excluding steroid dienone is 2. The molecule has 3 nitrogen and oxygen atoms in total. The number of rotatable bonds is 8. The number of aliphatic hydroxyl groups is 1. The Bertz CT molecular complexity index is 1370. The van der Waals surface area contributed by atoms with Crippen molar-refractivity contribution < 1.29 is 41.3 Å². The molecule has 0 radical (unpaired) electrons. The Labute approximate surface area is 216 Å². The molecule has 3 aromatic carbocycles. The van der Waals surface area contributed by atoms with Crippen LogP contribution >= 0.6 is 0 Å². The topological polar surface area (TPSA) is 49.7 Å². The lowest BCUT2D eigenvalue weighted by Crippen LogP contribution is -2.11. The van der Waals surface area contributed by atoms with E-state index in [0.29, 0.717) is 24.8 Å². The number of phenolic OH excluding ortho intramolecular Hbond substituents is 1. The van der Waals surface area contributed by atoms with E-state index in [1.807, 2.05) is 6.92 Å². The molecule has 38 heavy (non-hydrogen) atoms. The van der Waals surface area contributed by atoms with Crippen LogP contribution in [-0.2, 0) is 6.61 Å². The van der Waals surface area contributed by atoms with Gasteiger partial charge in [0, 0.05) is 16.7 Å². The molecular formula is C29H26F6O3. The third-order valence-corrected chi connectivity index (χ3v) is 6.83. The van der Waals surface area contributed by atoms with E-state index < -0.39 is 59.1 Å². The molecule has 4 rings (SSSR count). The molecule has 1 aliphatic carbocycles. The third kappa shape index (κ3) is 5.38. The maximum Gasteiger partial charge on any atom is 0.201 e. The van der Waals surface area contributed by atoms with E-state index in [9.17, 15) is 36.6 Å². The highest BCUT2D eigenvalue weighted by molar-refractivity contribution is 5.68. The summed E-state index contributed by atoms with van der Waals surface area (Å²) in [6.45, 7) is 1.23. The van der Waals surface area contributed by atoms with Gasteiger partial charge >= 0.3 is 0 Å². The fourth-order valence-electron chi connectivity index (χ4n) is 4.68. The van der Waals surface area contributed by atoms with Gasteiger partial charge in [0.05, 0.1) is 6.10 Å². The first-order valence-electron chi connectivity index (χ1n) is 12.3. The molecule has 9 heteroatoms. The van der Waals surface area contributed by atoms with E-state index in [1.165, 1.54) is 24.3 Å². The van der Waals surface area contributed by atoms with Crippen LogP contribution in [0.3, 0.4) is 0 Å². The van der Waals surface area contributed by atoms with E-state index in [2.05, 4.69) is 0 Å². The Morgan fingerprint density at radius 2 is 1.63 bits per heavy atom. The summed E-state index contributed by atoms with van der Waals surface area (Å²) in [6.07, 6.45) is 2.40. The minimum atomic E-state index is -1.47. The third-order valence-electron chi connectivity index (χ3n) is 6.83. The lowest BCUT2D eigenvalue weighted by atomic mass is 9.82. The molecule has 0 saturated heterocycles. The summed E-state index contributed by atoms with van der Waals surface area (Å²) in [6, 6.07) is 7.31. The molecule has 0 spiro atoms. The molecule has 3 aromatic rings. The van der Waals surface area contributed by atoms with Crippen LogP contribution < -0.4 is 4.74 Å². The second-order valence-corrected chi connectivity index (χ2v) is 9.28. The Hall–Kier alpha value is -3.46. The van der Waals surface area contributed by atoms with Crippen LogP contribution in [0, 0.1) is 34.9 Å². The van der Waals surface area contributed by atoms with Crippen molar-refractivity contribution in [2.75, 3.05) is 0 Å². The predicted octanol–water partition coefficient (Wildman–Crippen LogP) is 7.99.